The van der Waals surface area contributed by atoms with Crippen molar-refractivity contribution < 1.29 is 9.90 Å². The molecule has 5 nitrogen and oxygen atoms in total. The third-order valence-corrected chi connectivity index (χ3v) is 4.66. The molecule has 3 rings (SSSR count). The number of hydrogen-bond acceptors (Lipinski definition) is 4. The highest BCUT2D eigenvalue weighted by atomic mass is 32.1. The highest BCUT2D eigenvalue weighted by Crippen LogP contribution is 2.22. The van der Waals surface area contributed by atoms with E-state index in [1.54, 1.807) is 4.57 Å². The number of carboxylic acid groups (broad SMARTS) is 1. The van der Waals surface area contributed by atoms with Gasteiger partial charge >= 0.3 is 5.97 Å². The quantitative estimate of drug-likeness (QED) is 0.781. The molecular formula is C17H16N2O3S. The molecule has 0 saturated carbocycles. The van der Waals surface area contributed by atoms with Gasteiger partial charge in [0.05, 0.1) is 10.9 Å². The molecule has 2 heterocycles. The van der Waals surface area contributed by atoms with E-state index >= 15 is 0 Å². The van der Waals surface area contributed by atoms with E-state index in [2.05, 4.69) is 4.98 Å². The maximum Gasteiger partial charge on any atom is 0.337 e. The number of thiophene rings is 1. The summed E-state index contributed by atoms with van der Waals surface area (Å²) in [6, 6.07) is 9.89. The molecule has 0 radical (unpaired) electrons. The number of hydrogen-bond donors (Lipinski definition) is 1. The molecule has 23 heavy (non-hydrogen) atoms. The molecule has 3 aromatic rings. The van der Waals surface area contributed by atoms with Crippen molar-refractivity contribution >= 4 is 27.5 Å². The summed E-state index contributed by atoms with van der Waals surface area (Å²) in [5.41, 5.74) is 0.908. The van der Waals surface area contributed by atoms with Crippen LogP contribution in [0.25, 0.3) is 10.2 Å². The Bertz CT molecular complexity index is 913. The Labute approximate surface area is 136 Å². The summed E-state index contributed by atoms with van der Waals surface area (Å²) in [6.45, 7) is 2.43. The van der Waals surface area contributed by atoms with Crippen molar-refractivity contribution in [2.75, 3.05) is 0 Å². The van der Waals surface area contributed by atoms with Gasteiger partial charge in [0.2, 0.25) is 0 Å². The zero-order chi connectivity index (χ0) is 16.4. The van der Waals surface area contributed by atoms with Gasteiger partial charge in [-0.15, -0.1) is 11.3 Å². The first-order valence-electron chi connectivity index (χ1n) is 7.40. The van der Waals surface area contributed by atoms with E-state index in [-0.39, 0.29) is 16.5 Å². The fourth-order valence-electron chi connectivity index (χ4n) is 2.61. The second kappa shape index (κ2) is 6.34. The minimum absolute atomic E-state index is 0.0404. The Balaban J connectivity index is 2.07. The smallest absolute Gasteiger partial charge is 0.337 e. The van der Waals surface area contributed by atoms with Gasteiger partial charge in [-0.2, -0.15) is 0 Å². The number of aromatic carboxylic acids is 1. The second-order valence-electron chi connectivity index (χ2n) is 5.21. The lowest BCUT2D eigenvalue weighted by Crippen LogP contribution is -2.26. The molecule has 0 aliphatic heterocycles. The highest BCUT2D eigenvalue weighted by Gasteiger charge is 2.18. The lowest BCUT2D eigenvalue weighted by Gasteiger charge is -2.11. The van der Waals surface area contributed by atoms with E-state index < -0.39 is 5.97 Å². The zero-order valence-electron chi connectivity index (χ0n) is 12.7. The van der Waals surface area contributed by atoms with Gasteiger partial charge in [-0.25, -0.2) is 9.78 Å². The summed E-state index contributed by atoms with van der Waals surface area (Å²) in [5, 5.41) is 11.0. The summed E-state index contributed by atoms with van der Waals surface area (Å²) in [6.07, 6.45) is 1.33. The fourth-order valence-corrected chi connectivity index (χ4v) is 3.53. The van der Waals surface area contributed by atoms with Crippen LogP contribution in [-0.2, 0) is 19.4 Å². The maximum atomic E-state index is 12.8. The predicted molar refractivity (Wildman–Crippen MR) is 90.4 cm³/mol. The molecule has 1 N–H and O–H groups in total. The molecule has 0 unspecified atom stereocenters. The van der Waals surface area contributed by atoms with Crippen molar-refractivity contribution in [1.82, 2.24) is 9.55 Å². The second-order valence-corrected chi connectivity index (χ2v) is 6.07. The summed E-state index contributed by atoms with van der Waals surface area (Å²) in [7, 11) is 0. The van der Waals surface area contributed by atoms with Crippen molar-refractivity contribution in [3.05, 3.63) is 63.0 Å². The standard InChI is InChI=1S/C17H16N2O3S/c1-2-13-18-15-14(12(10-23-15)17(21)22)16(20)19(13)9-8-11-6-4-3-5-7-11/h3-7,10H,2,8-9H2,1H3,(H,21,22). The van der Waals surface area contributed by atoms with E-state index in [1.807, 2.05) is 37.3 Å². The molecule has 6 heteroatoms. The number of benzene rings is 1. The van der Waals surface area contributed by atoms with Crippen LogP contribution in [0.4, 0.5) is 0 Å². The van der Waals surface area contributed by atoms with Gasteiger partial charge in [0.15, 0.2) is 0 Å². The highest BCUT2D eigenvalue weighted by molar-refractivity contribution is 7.17. The molecule has 1 aromatic carbocycles. The van der Waals surface area contributed by atoms with Crippen LogP contribution in [0.5, 0.6) is 0 Å². The van der Waals surface area contributed by atoms with Gasteiger partial charge in [0, 0.05) is 18.3 Å². The number of aromatic nitrogens is 2. The van der Waals surface area contributed by atoms with E-state index in [4.69, 9.17) is 0 Å². The largest absolute Gasteiger partial charge is 0.478 e. The first kappa shape index (κ1) is 15.4. The number of carboxylic acids is 1. The van der Waals surface area contributed by atoms with Crippen LogP contribution in [0.3, 0.4) is 0 Å². The summed E-state index contributed by atoms with van der Waals surface area (Å²) in [4.78, 5) is 29.1. The van der Waals surface area contributed by atoms with Gasteiger partial charge < -0.3 is 5.11 Å². The Morgan fingerprint density at radius 1 is 1.30 bits per heavy atom. The molecular weight excluding hydrogens is 312 g/mol. The monoisotopic (exact) mass is 328 g/mol. The van der Waals surface area contributed by atoms with Crippen LogP contribution in [0.1, 0.15) is 28.7 Å². The average Bonchev–Trinajstić information content (AvgIpc) is 2.99. The number of nitrogens with zero attached hydrogens (tertiary/aromatic N) is 2. The van der Waals surface area contributed by atoms with E-state index in [1.165, 1.54) is 16.7 Å². The van der Waals surface area contributed by atoms with E-state index in [0.717, 1.165) is 5.56 Å². The maximum absolute atomic E-state index is 12.8. The van der Waals surface area contributed by atoms with Crippen LogP contribution in [0, 0.1) is 0 Å². The summed E-state index contributed by atoms with van der Waals surface area (Å²) in [5.74, 6) is -0.397. The molecule has 0 aliphatic carbocycles. The first-order valence-corrected chi connectivity index (χ1v) is 8.28. The molecule has 0 fully saturated rings. The molecule has 2 aromatic heterocycles. The van der Waals surface area contributed by atoms with E-state index in [0.29, 0.717) is 30.0 Å². The third kappa shape index (κ3) is 2.90. The van der Waals surface area contributed by atoms with Crippen LogP contribution in [0.15, 0.2) is 40.5 Å². The van der Waals surface area contributed by atoms with Crippen LogP contribution >= 0.6 is 11.3 Å². The average molecular weight is 328 g/mol. The summed E-state index contributed by atoms with van der Waals surface area (Å²) >= 11 is 1.20. The van der Waals surface area contributed by atoms with Crippen LogP contribution in [0.2, 0.25) is 0 Å². The molecule has 0 amide bonds. The minimum atomic E-state index is -1.09. The lowest BCUT2D eigenvalue weighted by atomic mass is 10.1. The molecule has 0 saturated heterocycles. The molecule has 0 aliphatic rings. The van der Waals surface area contributed by atoms with Gasteiger partial charge in [0.1, 0.15) is 10.7 Å². The van der Waals surface area contributed by atoms with Crippen molar-refractivity contribution in [2.24, 2.45) is 0 Å². The Morgan fingerprint density at radius 2 is 2.04 bits per heavy atom. The molecule has 0 spiro atoms. The van der Waals surface area contributed by atoms with Crippen LogP contribution < -0.4 is 5.56 Å². The molecule has 0 bridgehead atoms. The number of fused-ring (bicyclic) bond motifs is 1. The SMILES string of the molecule is CCc1nc2scc(C(=O)O)c2c(=O)n1CCc1ccccc1. The van der Waals surface area contributed by atoms with Crippen LogP contribution in [-0.4, -0.2) is 20.6 Å². The van der Waals surface area contributed by atoms with Crippen molar-refractivity contribution in [2.45, 2.75) is 26.3 Å². The van der Waals surface area contributed by atoms with Crippen molar-refractivity contribution in [3.63, 3.8) is 0 Å². The third-order valence-electron chi connectivity index (χ3n) is 3.79. The lowest BCUT2D eigenvalue weighted by molar-refractivity contribution is 0.0699. The first-order chi connectivity index (χ1) is 11.1. The Hall–Kier alpha value is -2.47. The molecule has 118 valence electrons. The van der Waals surface area contributed by atoms with Crippen molar-refractivity contribution in [3.8, 4) is 0 Å². The number of rotatable bonds is 5. The normalized spacial score (nSPS) is 11.0. The van der Waals surface area contributed by atoms with Gasteiger partial charge in [0.25, 0.3) is 5.56 Å². The zero-order valence-corrected chi connectivity index (χ0v) is 13.5. The minimum Gasteiger partial charge on any atom is -0.478 e. The number of aryl methyl sites for hydroxylation is 2. The Morgan fingerprint density at radius 3 is 2.70 bits per heavy atom. The van der Waals surface area contributed by atoms with Gasteiger partial charge in [-0.3, -0.25) is 9.36 Å². The summed E-state index contributed by atoms with van der Waals surface area (Å²) < 4.78 is 1.61. The topological polar surface area (TPSA) is 72.2 Å². The predicted octanol–water partition coefficient (Wildman–Crippen LogP) is 2.96. The van der Waals surface area contributed by atoms with Gasteiger partial charge in [-0.05, 0) is 12.0 Å². The molecule has 0 atom stereocenters. The Kier molecular flexibility index (Phi) is 4.25. The van der Waals surface area contributed by atoms with E-state index in [9.17, 15) is 14.7 Å². The van der Waals surface area contributed by atoms with Gasteiger partial charge in [-0.1, -0.05) is 37.3 Å². The fraction of sp³-hybridized carbons (Fsp3) is 0.235. The number of carbonyl (C=O) groups is 1. The van der Waals surface area contributed by atoms with Crippen molar-refractivity contribution in [1.29, 1.82) is 0 Å².